The maximum absolute atomic E-state index is 9.96. The van der Waals surface area contributed by atoms with Gasteiger partial charge in [-0.25, -0.2) is 0 Å². The summed E-state index contributed by atoms with van der Waals surface area (Å²) in [5, 5.41) is 10.8. The highest BCUT2D eigenvalue weighted by atomic mass is 28.3. The highest BCUT2D eigenvalue weighted by Gasteiger charge is 2.19. The smallest absolute Gasteiger partial charge is 0.359 e. The van der Waals surface area contributed by atoms with Gasteiger partial charge in [0.25, 0.3) is 0 Å². The zero-order chi connectivity index (χ0) is 14.6. The van der Waals surface area contributed by atoms with Gasteiger partial charge in [-0.05, 0) is 18.9 Å². The summed E-state index contributed by atoms with van der Waals surface area (Å²) >= 11 is 0. The molecule has 0 aromatic heterocycles. The van der Waals surface area contributed by atoms with Crippen molar-refractivity contribution >= 4 is 14.5 Å². The average Bonchev–Trinajstić information content (AvgIpc) is 2.46. The molecule has 0 saturated carbocycles. The summed E-state index contributed by atoms with van der Waals surface area (Å²) in [5.74, 6) is 0.301. The van der Waals surface area contributed by atoms with E-state index in [9.17, 15) is 5.11 Å². The largest absolute Gasteiger partial charge is 0.508 e. The predicted octanol–water partition coefficient (Wildman–Crippen LogP) is 3.23. The van der Waals surface area contributed by atoms with Crippen LogP contribution in [0.5, 0.6) is 5.75 Å². The topological polar surface area (TPSA) is 38.7 Å². The molecule has 20 heavy (non-hydrogen) atoms. The molecule has 1 N–H and O–H groups in total. The molecule has 0 amide bonds. The Hall–Kier alpha value is -0.843. The van der Waals surface area contributed by atoms with Crippen molar-refractivity contribution in [3.05, 3.63) is 24.3 Å². The summed E-state index contributed by atoms with van der Waals surface area (Å²) in [4.78, 5) is 0. The van der Waals surface area contributed by atoms with E-state index in [0.29, 0.717) is 5.75 Å². The molecule has 0 heterocycles. The number of hydrogen-bond acceptors (Lipinski definition) is 3. The number of unbranched alkanes of at least 4 members (excludes halogenated alkanes) is 4. The van der Waals surface area contributed by atoms with E-state index in [4.69, 9.17) is 8.85 Å². The van der Waals surface area contributed by atoms with Crippen molar-refractivity contribution in [2.24, 2.45) is 0 Å². The van der Waals surface area contributed by atoms with Gasteiger partial charge in [-0.15, -0.1) is 0 Å². The molecule has 0 aliphatic rings. The molecule has 1 aromatic carbocycles. The third-order valence-electron chi connectivity index (χ3n) is 3.22. The Morgan fingerprint density at radius 1 is 0.900 bits per heavy atom. The van der Waals surface area contributed by atoms with Crippen LogP contribution in [0.1, 0.15) is 52.4 Å². The van der Waals surface area contributed by atoms with Crippen molar-refractivity contribution in [3.8, 4) is 5.75 Å². The molecule has 0 bridgehead atoms. The van der Waals surface area contributed by atoms with E-state index in [-0.39, 0.29) is 0 Å². The standard InChI is InChI=1S/C16H28O3Si/c1-3-5-9-13-18-20(19-14-10-6-4-2)16-12-8-7-11-15(16)17/h7-8,11-12,17,20H,3-6,9-10,13-14H2,1-2H3. The third kappa shape index (κ3) is 6.55. The van der Waals surface area contributed by atoms with E-state index in [1.807, 2.05) is 18.2 Å². The van der Waals surface area contributed by atoms with Crippen LogP contribution >= 0.6 is 0 Å². The number of phenols is 1. The molecule has 0 unspecified atom stereocenters. The van der Waals surface area contributed by atoms with Crippen LogP contribution in [0.15, 0.2) is 24.3 Å². The van der Waals surface area contributed by atoms with Gasteiger partial charge in [0, 0.05) is 18.4 Å². The van der Waals surface area contributed by atoms with Crippen molar-refractivity contribution in [1.82, 2.24) is 0 Å². The lowest BCUT2D eigenvalue weighted by molar-refractivity contribution is 0.200. The van der Waals surface area contributed by atoms with Gasteiger partial charge in [0.1, 0.15) is 5.75 Å². The minimum atomic E-state index is -1.97. The summed E-state index contributed by atoms with van der Waals surface area (Å²) in [5.41, 5.74) is 0. The van der Waals surface area contributed by atoms with Gasteiger partial charge < -0.3 is 14.0 Å². The van der Waals surface area contributed by atoms with Crippen LogP contribution in [0.2, 0.25) is 0 Å². The Balaban J connectivity index is 2.52. The lowest BCUT2D eigenvalue weighted by Gasteiger charge is -2.18. The highest BCUT2D eigenvalue weighted by Crippen LogP contribution is 2.08. The van der Waals surface area contributed by atoms with Gasteiger partial charge in [-0.3, -0.25) is 0 Å². The van der Waals surface area contributed by atoms with E-state index in [2.05, 4.69) is 13.8 Å². The molecule has 0 atom stereocenters. The Bertz CT molecular complexity index is 345. The van der Waals surface area contributed by atoms with Crippen LogP contribution in [-0.4, -0.2) is 27.6 Å². The molecule has 0 saturated heterocycles. The second-order valence-corrected chi connectivity index (χ2v) is 7.00. The first-order valence-electron chi connectivity index (χ1n) is 7.80. The highest BCUT2D eigenvalue weighted by molar-refractivity contribution is 6.62. The van der Waals surface area contributed by atoms with Crippen molar-refractivity contribution in [1.29, 1.82) is 0 Å². The van der Waals surface area contributed by atoms with E-state index >= 15 is 0 Å². The first kappa shape index (κ1) is 17.2. The zero-order valence-electron chi connectivity index (χ0n) is 12.8. The Morgan fingerprint density at radius 2 is 1.45 bits per heavy atom. The average molecular weight is 296 g/mol. The van der Waals surface area contributed by atoms with Crippen LogP contribution < -0.4 is 5.19 Å². The summed E-state index contributed by atoms with van der Waals surface area (Å²) < 4.78 is 11.9. The molecule has 3 nitrogen and oxygen atoms in total. The summed E-state index contributed by atoms with van der Waals surface area (Å²) in [6.45, 7) is 5.82. The van der Waals surface area contributed by atoms with Crippen LogP contribution in [0.3, 0.4) is 0 Å². The molecular weight excluding hydrogens is 268 g/mol. The van der Waals surface area contributed by atoms with Crippen LogP contribution in [0, 0.1) is 0 Å². The fourth-order valence-electron chi connectivity index (χ4n) is 2.00. The molecule has 114 valence electrons. The van der Waals surface area contributed by atoms with Crippen LogP contribution in [-0.2, 0) is 8.85 Å². The monoisotopic (exact) mass is 296 g/mol. The SMILES string of the molecule is CCCCCO[SiH](OCCCCC)c1ccccc1O. The summed E-state index contributed by atoms with van der Waals surface area (Å²) in [6, 6.07) is 7.39. The Kier molecular flexibility index (Phi) is 9.37. The van der Waals surface area contributed by atoms with E-state index in [0.717, 1.165) is 31.2 Å². The quantitative estimate of drug-likeness (QED) is 0.503. The second kappa shape index (κ2) is 10.9. The number of aromatic hydroxyl groups is 1. The van der Waals surface area contributed by atoms with Crippen molar-refractivity contribution in [2.45, 2.75) is 52.4 Å². The molecule has 0 aliphatic heterocycles. The number of phenolic OH excluding ortho intramolecular Hbond substituents is 1. The molecular formula is C16H28O3Si. The van der Waals surface area contributed by atoms with E-state index in [1.165, 1.54) is 25.7 Å². The van der Waals surface area contributed by atoms with Crippen LogP contribution in [0.25, 0.3) is 0 Å². The first-order valence-corrected chi connectivity index (χ1v) is 9.32. The predicted molar refractivity (Wildman–Crippen MR) is 85.8 cm³/mol. The Labute approximate surface area is 124 Å². The van der Waals surface area contributed by atoms with Gasteiger partial charge in [0.2, 0.25) is 0 Å². The fraction of sp³-hybridized carbons (Fsp3) is 0.625. The first-order chi connectivity index (χ1) is 9.79. The maximum Gasteiger partial charge on any atom is 0.359 e. The third-order valence-corrected chi connectivity index (χ3v) is 5.30. The van der Waals surface area contributed by atoms with Crippen molar-refractivity contribution in [3.63, 3.8) is 0 Å². The van der Waals surface area contributed by atoms with Crippen molar-refractivity contribution in [2.75, 3.05) is 13.2 Å². The van der Waals surface area contributed by atoms with Gasteiger partial charge >= 0.3 is 9.28 Å². The molecule has 0 radical (unpaired) electrons. The maximum atomic E-state index is 9.96. The summed E-state index contributed by atoms with van der Waals surface area (Å²) in [7, 11) is -1.97. The number of benzene rings is 1. The number of hydrogen-bond donors (Lipinski definition) is 1. The number of rotatable bonds is 11. The van der Waals surface area contributed by atoms with Gasteiger partial charge in [-0.2, -0.15) is 0 Å². The van der Waals surface area contributed by atoms with Gasteiger partial charge in [-0.1, -0.05) is 57.7 Å². The van der Waals surface area contributed by atoms with Gasteiger partial charge in [0.15, 0.2) is 0 Å². The van der Waals surface area contributed by atoms with E-state index < -0.39 is 9.28 Å². The lowest BCUT2D eigenvalue weighted by Crippen LogP contribution is -2.37. The van der Waals surface area contributed by atoms with Crippen LogP contribution in [0.4, 0.5) is 0 Å². The number of para-hydroxylation sites is 1. The normalized spacial score (nSPS) is 11.2. The summed E-state index contributed by atoms with van der Waals surface area (Å²) in [6.07, 6.45) is 6.85. The minimum Gasteiger partial charge on any atom is -0.508 e. The fourth-order valence-corrected chi connectivity index (χ4v) is 3.82. The molecule has 1 rings (SSSR count). The molecule has 1 aromatic rings. The van der Waals surface area contributed by atoms with E-state index in [1.54, 1.807) is 6.07 Å². The molecule has 0 fully saturated rings. The van der Waals surface area contributed by atoms with Crippen molar-refractivity contribution < 1.29 is 14.0 Å². The molecule has 4 heteroatoms. The van der Waals surface area contributed by atoms with Gasteiger partial charge in [0.05, 0.1) is 0 Å². The second-order valence-electron chi connectivity index (χ2n) is 5.05. The minimum absolute atomic E-state index is 0.301. The lowest BCUT2D eigenvalue weighted by atomic mass is 10.3. The zero-order valence-corrected chi connectivity index (χ0v) is 14.0. The molecule has 0 aliphatic carbocycles. The Morgan fingerprint density at radius 3 is 1.95 bits per heavy atom. The molecule has 0 spiro atoms.